The number of amides is 2. The molecule has 0 radical (unpaired) electrons. The average molecular weight is 500 g/mol. The van der Waals surface area contributed by atoms with E-state index in [0.29, 0.717) is 37.1 Å². The van der Waals surface area contributed by atoms with Gasteiger partial charge in [0.05, 0.1) is 10.8 Å². The summed E-state index contributed by atoms with van der Waals surface area (Å²) in [5.41, 5.74) is 2.80. The summed E-state index contributed by atoms with van der Waals surface area (Å²) in [5, 5.41) is 2.82. The fraction of sp³-hybridized carbons (Fsp3) is 0.462. The number of carbonyl (C=O) groups excluding carboxylic acids is 2. The molecule has 2 atom stereocenters. The van der Waals surface area contributed by atoms with Gasteiger partial charge in [-0.3, -0.25) is 9.59 Å². The molecule has 5 rings (SSSR count). The van der Waals surface area contributed by atoms with Crippen LogP contribution < -0.4 is 10.2 Å². The number of hydrogen-bond acceptors (Lipinski definition) is 4. The van der Waals surface area contributed by atoms with E-state index in [1.807, 2.05) is 11.8 Å². The van der Waals surface area contributed by atoms with Gasteiger partial charge in [-0.25, -0.2) is 12.8 Å². The lowest BCUT2D eigenvalue weighted by molar-refractivity contribution is -0.121. The van der Waals surface area contributed by atoms with E-state index in [9.17, 15) is 22.4 Å². The maximum atomic E-state index is 13.5. The van der Waals surface area contributed by atoms with E-state index in [-0.39, 0.29) is 41.0 Å². The smallest absolute Gasteiger partial charge is 0.243 e. The van der Waals surface area contributed by atoms with Crippen molar-refractivity contribution in [2.24, 2.45) is 11.8 Å². The van der Waals surface area contributed by atoms with Crippen molar-refractivity contribution in [1.29, 1.82) is 0 Å². The monoisotopic (exact) mass is 499 g/mol. The number of sulfonamides is 1. The zero-order valence-corrected chi connectivity index (χ0v) is 20.8. The normalized spacial score (nSPS) is 22.7. The Hall–Kier alpha value is -2.78. The van der Waals surface area contributed by atoms with Crippen LogP contribution in [0.3, 0.4) is 0 Å². The largest absolute Gasteiger partial charge is 0.326 e. The summed E-state index contributed by atoms with van der Waals surface area (Å²) >= 11 is 0. The van der Waals surface area contributed by atoms with Gasteiger partial charge in [0.2, 0.25) is 21.8 Å². The summed E-state index contributed by atoms with van der Waals surface area (Å²) in [5.74, 6) is -0.907. The van der Waals surface area contributed by atoms with Gasteiger partial charge in [-0.15, -0.1) is 0 Å². The molecular weight excluding hydrogens is 469 g/mol. The van der Waals surface area contributed by atoms with Crippen molar-refractivity contribution >= 4 is 33.2 Å². The van der Waals surface area contributed by atoms with Gasteiger partial charge in [0.15, 0.2) is 0 Å². The molecule has 2 heterocycles. The van der Waals surface area contributed by atoms with Crippen LogP contribution in [0, 0.1) is 24.6 Å². The molecule has 1 aliphatic carbocycles. The molecule has 35 heavy (non-hydrogen) atoms. The molecule has 3 aliphatic rings. The Morgan fingerprint density at radius 2 is 1.83 bits per heavy atom. The van der Waals surface area contributed by atoms with Crippen LogP contribution in [0.25, 0.3) is 0 Å². The van der Waals surface area contributed by atoms with Crippen molar-refractivity contribution in [2.45, 2.75) is 56.9 Å². The van der Waals surface area contributed by atoms with E-state index >= 15 is 0 Å². The van der Waals surface area contributed by atoms with Crippen LogP contribution >= 0.6 is 0 Å². The van der Waals surface area contributed by atoms with E-state index in [1.165, 1.54) is 22.5 Å². The summed E-state index contributed by atoms with van der Waals surface area (Å²) < 4.78 is 41.7. The summed E-state index contributed by atoms with van der Waals surface area (Å²) in [4.78, 5) is 27.6. The van der Waals surface area contributed by atoms with Crippen molar-refractivity contribution in [3.05, 3.63) is 53.3 Å². The average Bonchev–Trinajstić information content (AvgIpc) is 3.62. The molecule has 186 valence electrons. The molecule has 0 aromatic heterocycles. The van der Waals surface area contributed by atoms with Gasteiger partial charge in [0.25, 0.3) is 0 Å². The second-order valence-corrected chi connectivity index (χ2v) is 11.9. The summed E-state index contributed by atoms with van der Waals surface area (Å²) in [7, 11) is -3.80. The van der Waals surface area contributed by atoms with Crippen LogP contribution in [0.2, 0.25) is 0 Å². The van der Waals surface area contributed by atoms with Crippen molar-refractivity contribution in [2.75, 3.05) is 23.3 Å². The molecule has 9 heteroatoms. The Labute approximate surface area is 205 Å². The number of aryl methyl sites for hydroxylation is 1. The number of carbonyl (C=O) groups is 2. The SMILES string of the molecule is Cc1cc(F)ccc1NC(=O)C1CCCN(S(=O)(=O)c2ccc3c(c2)CC(C)N3C(=O)C2CC2)C1. The highest BCUT2D eigenvalue weighted by Gasteiger charge is 2.40. The van der Waals surface area contributed by atoms with Crippen LogP contribution in [0.15, 0.2) is 41.3 Å². The number of rotatable bonds is 5. The highest BCUT2D eigenvalue weighted by molar-refractivity contribution is 7.89. The van der Waals surface area contributed by atoms with Gasteiger partial charge in [-0.1, -0.05) is 0 Å². The minimum Gasteiger partial charge on any atom is -0.326 e. The molecule has 1 saturated carbocycles. The Morgan fingerprint density at radius 3 is 2.54 bits per heavy atom. The van der Waals surface area contributed by atoms with Gasteiger partial charge < -0.3 is 10.2 Å². The second-order valence-electron chi connectivity index (χ2n) is 9.98. The maximum Gasteiger partial charge on any atom is 0.243 e. The van der Waals surface area contributed by atoms with E-state index in [1.54, 1.807) is 25.1 Å². The molecule has 2 aliphatic heterocycles. The van der Waals surface area contributed by atoms with Crippen molar-refractivity contribution in [1.82, 2.24) is 4.31 Å². The Kier molecular flexibility index (Phi) is 6.17. The molecule has 2 aromatic rings. The Balaban J connectivity index is 1.32. The van der Waals surface area contributed by atoms with Crippen molar-refractivity contribution in [3.63, 3.8) is 0 Å². The Bertz CT molecular complexity index is 1290. The third-order valence-electron chi connectivity index (χ3n) is 7.27. The van der Waals surface area contributed by atoms with Gasteiger partial charge in [0.1, 0.15) is 5.82 Å². The number of hydrogen-bond donors (Lipinski definition) is 1. The fourth-order valence-corrected chi connectivity index (χ4v) is 6.73. The molecular formula is C26H30FN3O4S. The van der Waals surface area contributed by atoms with Crippen molar-refractivity contribution < 1.29 is 22.4 Å². The number of halogens is 1. The van der Waals surface area contributed by atoms with Gasteiger partial charge >= 0.3 is 0 Å². The minimum absolute atomic E-state index is 0.00837. The fourth-order valence-electron chi connectivity index (χ4n) is 5.16. The van der Waals surface area contributed by atoms with E-state index < -0.39 is 15.9 Å². The first-order valence-electron chi connectivity index (χ1n) is 12.2. The molecule has 2 unspecified atom stereocenters. The number of fused-ring (bicyclic) bond motifs is 1. The summed E-state index contributed by atoms with van der Waals surface area (Å²) in [6.07, 6.45) is 3.63. The molecule has 1 N–H and O–H groups in total. The number of piperidine rings is 1. The predicted molar refractivity (Wildman–Crippen MR) is 131 cm³/mol. The van der Waals surface area contributed by atoms with Crippen molar-refractivity contribution in [3.8, 4) is 0 Å². The molecule has 7 nitrogen and oxygen atoms in total. The predicted octanol–water partition coefficient (Wildman–Crippen LogP) is 3.86. The first-order chi connectivity index (χ1) is 16.6. The Morgan fingerprint density at radius 1 is 1.06 bits per heavy atom. The highest BCUT2D eigenvalue weighted by Crippen LogP contribution is 2.40. The lowest BCUT2D eigenvalue weighted by atomic mass is 9.98. The zero-order chi connectivity index (χ0) is 24.9. The number of nitrogens with one attached hydrogen (secondary N) is 1. The highest BCUT2D eigenvalue weighted by atomic mass is 32.2. The number of nitrogens with zero attached hydrogens (tertiary/aromatic N) is 2. The number of anilines is 2. The lowest BCUT2D eigenvalue weighted by Crippen LogP contribution is -2.43. The second kappa shape index (κ2) is 9.02. The molecule has 2 amide bonds. The van der Waals surface area contributed by atoms with Crippen LogP contribution in [-0.4, -0.2) is 43.7 Å². The van der Waals surface area contributed by atoms with Crippen LogP contribution in [0.5, 0.6) is 0 Å². The molecule has 0 bridgehead atoms. The van der Waals surface area contributed by atoms with Crippen LogP contribution in [0.4, 0.5) is 15.8 Å². The summed E-state index contributed by atoms with van der Waals surface area (Å²) in [6, 6.07) is 9.17. The molecule has 1 saturated heterocycles. The topological polar surface area (TPSA) is 86.8 Å². The van der Waals surface area contributed by atoms with Gasteiger partial charge in [0, 0.05) is 36.4 Å². The minimum atomic E-state index is -3.80. The lowest BCUT2D eigenvalue weighted by Gasteiger charge is -2.31. The maximum absolute atomic E-state index is 13.5. The molecule has 0 spiro atoms. The van der Waals surface area contributed by atoms with E-state index in [2.05, 4.69) is 5.32 Å². The number of benzene rings is 2. The van der Waals surface area contributed by atoms with E-state index in [4.69, 9.17) is 0 Å². The summed E-state index contributed by atoms with van der Waals surface area (Å²) in [6.45, 7) is 4.14. The van der Waals surface area contributed by atoms with Crippen LogP contribution in [-0.2, 0) is 26.0 Å². The first-order valence-corrected chi connectivity index (χ1v) is 13.6. The third-order valence-corrected chi connectivity index (χ3v) is 9.13. The standard InChI is InChI=1S/C26H30FN3O4S/c1-16-12-21(27)7-9-23(16)28-25(31)19-4-3-11-29(15-19)35(33,34)22-8-10-24-20(14-22)13-17(2)30(24)26(32)18-5-6-18/h7-10,12,14,17-19H,3-6,11,13,15H2,1-2H3,(H,28,31). The van der Waals surface area contributed by atoms with Crippen LogP contribution in [0.1, 0.15) is 43.7 Å². The molecule has 2 aromatic carbocycles. The van der Waals surface area contributed by atoms with Gasteiger partial charge in [-0.05, 0) is 93.5 Å². The molecule has 2 fully saturated rings. The third kappa shape index (κ3) is 4.59. The first kappa shape index (κ1) is 23.9. The quantitative estimate of drug-likeness (QED) is 0.677. The van der Waals surface area contributed by atoms with Gasteiger partial charge in [-0.2, -0.15) is 4.31 Å². The van der Waals surface area contributed by atoms with E-state index in [0.717, 1.165) is 24.1 Å². The zero-order valence-electron chi connectivity index (χ0n) is 20.0.